The van der Waals surface area contributed by atoms with Gasteiger partial charge in [-0.05, 0) is 37.1 Å². The van der Waals surface area contributed by atoms with E-state index in [1.807, 2.05) is 23.1 Å². The number of hydrogen-bond acceptors (Lipinski definition) is 6. The van der Waals surface area contributed by atoms with Crippen LogP contribution < -0.4 is 4.74 Å². The van der Waals surface area contributed by atoms with Crippen molar-refractivity contribution < 1.29 is 23.1 Å². The molecule has 162 valence electrons. The van der Waals surface area contributed by atoms with Gasteiger partial charge in [0.25, 0.3) is 0 Å². The summed E-state index contributed by atoms with van der Waals surface area (Å²) in [6.45, 7) is 2.11. The average molecular weight is 452 g/mol. The number of nitrogens with zero attached hydrogens (tertiary/aromatic N) is 1. The number of ketones is 1. The van der Waals surface area contributed by atoms with Crippen LogP contribution in [0, 0.1) is 0 Å². The van der Waals surface area contributed by atoms with Gasteiger partial charge in [-0.15, -0.1) is 0 Å². The molecule has 1 saturated heterocycles. The molecule has 1 fully saturated rings. The third-order valence-corrected chi connectivity index (χ3v) is 7.32. The number of Topliss-reactive ketones (excluding diaryl/α,β-unsaturated/α-hetero) is 1. The van der Waals surface area contributed by atoms with Gasteiger partial charge in [0.2, 0.25) is 0 Å². The van der Waals surface area contributed by atoms with Gasteiger partial charge >= 0.3 is 0 Å². The molecule has 3 rings (SSSR count). The minimum Gasteiger partial charge on any atom is -0.490 e. The van der Waals surface area contributed by atoms with Crippen LogP contribution in [0.1, 0.15) is 29.3 Å². The molecule has 1 aliphatic rings. The van der Waals surface area contributed by atoms with Crippen molar-refractivity contribution >= 4 is 27.2 Å². The molecule has 8 heteroatoms. The molecule has 0 aliphatic carbocycles. The van der Waals surface area contributed by atoms with E-state index in [-0.39, 0.29) is 36.5 Å². The van der Waals surface area contributed by atoms with Crippen molar-refractivity contribution in [1.82, 2.24) is 4.90 Å². The molecular formula is C22H26ClNO5S. The van der Waals surface area contributed by atoms with Gasteiger partial charge in [0.15, 0.2) is 15.6 Å². The Hall–Kier alpha value is -1.93. The monoisotopic (exact) mass is 451 g/mol. The Bertz CT molecular complexity index is 995. The zero-order chi connectivity index (χ0) is 21.7. The van der Waals surface area contributed by atoms with Crippen LogP contribution in [0.5, 0.6) is 5.75 Å². The van der Waals surface area contributed by atoms with Crippen LogP contribution in [0.15, 0.2) is 48.5 Å². The standard InChI is InChI=1S/C22H26ClNO5S/c1-16(25)20-7-3-5-9-22(20)29-14-19(26)13-24(18-10-11-30(27,28)15-18)12-17-6-2-4-8-21(17)23/h2-9,18-19,26H,10-15H2,1H3. The molecule has 2 atom stereocenters. The molecule has 2 unspecified atom stereocenters. The van der Waals surface area contributed by atoms with Crippen molar-refractivity contribution in [2.24, 2.45) is 0 Å². The number of halogens is 1. The number of hydrogen-bond donors (Lipinski definition) is 1. The number of sulfone groups is 1. The lowest BCUT2D eigenvalue weighted by atomic mass is 10.1. The highest BCUT2D eigenvalue weighted by atomic mass is 35.5. The number of rotatable bonds is 9. The van der Waals surface area contributed by atoms with Crippen LogP contribution in [-0.2, 0) is 16.4 Å². The van der Waals surface area contributed by atoms with Crippen LogP contribution in [0.4, 0.5) is 0 Å². The Morgan fingerprint density at radius 1 is 1.23 bits per heavy atom. The Labute approximate surface area is 182 Å². The Kier molecular flexibility index (Phi) is 7.52. The molecule has 0 aromatic heterocycles. The lowest BCUT2D eigenvalue weighted by Gasteiger charge is -2.30. The first kappa shape index (κ1) is 22.7. The quantitative estimate of drug-likeness (QED) is 0.590. The fourth-order valence-electron chi connectivity index (χ4n) is 3.64. The van der Waals surface area contributed by atoms with E-state index in [1.54, 1.807) is 30.3 Å². The predicted molar refractivity (Wildman–Crippen MR) is 117 cm³/mol. The number of benzene rings is 2. The number of carbonyl (C=O) groups excluding carboxylic acids is 1. The molecule has 6 nitrogen and oxygen atoms in total. The summed E-state index contributed by atoms with van der Waals surface area (Å²) in [6.07, 6.45) is -0.344. The van der Waals surface area contributed by atoms with Gasteiger partial charge in [0.1, 0.15) is 18.5 Å². The summed E-state index contributed by atoms with van der Waals surface area (Å²) in [4.78, 5) is 13.7. The molecule has 1 heterocycles. The Morgan fingerprint density at radius 3 is 2.60 bits per heavy atom. The molecule has 2 aromatic rings. The second-order valence-corrected chi connectivity index (χ2v) is 10.2. The highest BCUT2D eigenvalue weighted by molar-refractivity contribution is 7.91. The lowest BCUT2D eigenvalue weighted by Crippen LogP contribution is -2.42. The largest absolute Gasteiger partial charge is 0.490 e. The molecule has 0 radical (unpaired) electrons. The van der Waals surface area contributed by atoms with Crippen molar-refractivity contribution in [1.29, 1.82) is 0 Å². The van der Waals surface area contributed by atoms with E-state index in [0.717, 1.165) is 5.56 Å². The van der Waals surface area contributed by atoms with Crippen molar-refractivity contribution in [3.63, 3.8) is 0 Å². The van der Waals surface area contributed by atoms with Gasteiger partial charge < -0.3 is 9.84 Å². The fourth-order valence-corrected chi connectivity index (χ4v) is 5.60. The highest BCUT2D eigenvalue weighted by Gasteiger charge is 2.33. The summed E-state index contributed by atoms with van der Waals surface area (Å²) in [6, 6.07) is 14.1. The molecule has 0 spiro atoms. The zero-order valence-electron chi connectivity index (χ0n) is 16.8. The highest BCUT2D eigenvalue weighted by Crippen LogP contribution is 2.24. The number of ether oxygens (including phenoxy) is 1. The summed E-state index contributed by atoms with van der Waals surface area (Å²) in [5, 5.41) is 11.2. The first-order valence-electron chi connectivity index (χ1n) is 9.84. The van der Waals surface area contributed by atoms with Gasteiger partial charge in [-0.3, -0.25) is 9.69 Å². The minimum atomic E-state index is -3.07. The second-order valence-electron chi connectivity index (χ2n) is 7.59. The second kappa shape index (κ2) is 9.92. The van der Waals surface area contributed by atoms with E-state index in [1.165, 1.54) is 6.92 Å². The Morgan fingerprint density at radius 2 is 1.93 bits per heavy atom. The Balaban J connectivity index is 1.69. The lowest BCUT2D eigenvalue weighted by molar-refractivity contribution is 0.0521. The summed E-state index contributed by atoms with van der Waals surface area (Å²) in [5.74, 6) is 0.523. The third kappa shape index (κ3) is 6.04. The minimum absolute atomic E-state index is 0.0111. The smallest absolute Gasteiger partial charge is 0.163 e. The van der Waals surface area contributed by atoms with Crippen LogP contribution in [-0.4, -0.2) is 61.0 Å². The van der Waals surface area contributed by atoms with Crippen molar-refractivity contribution in [2.45, 2.75) is 32.0 Å². The van der Waals surface area contributed by atoms with E-state index in [2.05, 4.69) is 0 Å². The van der Waals surface area contributed by atoms with Crippen LogP contribution in [0.25, 0.3) is 0 Å². The number of carbonyl (C=O) groups is 1. The van der Waals surface area contributed by atoms with E-state index < -0.39 is 15.9 Å². The van der Waals surface area contributed by atoms with Crippen molar-refractivity contribution in [2.75, 3.05) is 24.7 Å². The molecule has 1 N–H and O–H groups in total. The summed E-state index contributed by atoms with van der Waals surface area (Å²) < 4.78 is 29.7. The van der Waals surface area contributed by atoms with Gasteiger partial charge in [0, 0.05) is 24.2 Å². The molecule has 0 saturated carbocycles. The van der Waals surface area contributed by atoms with Crippen LogP contribution in [0.3, 0.4) is 0 Å². The van der Waals surface area contributed by atoms with E-state index >= 15 is 0 Å². The molecule has 1 aliphatic heterocycles. The normalized spacial score (nSPS) is 19.0. The topological polar surface area (TPSA) is 83.9 Å². The van der Waals surface area contributed by atoms with Gasteiger partial charge in [-0.1, -0.05) is 41.9 Å². The summed E-state index contributed by atoms with van der Waals surface area (Å²) >= 11 is 6.29. The third-order valence-electron chi connectivity index (χ3n) is 5.20. The van der Waals surface area contributed by atoms with Gasteiger partial charge in [0.05, 0.1) is 17.1 Å². The molecule has 2 aromatic carbocycles. The predicted octanol–water partition coefficient (Wildman–Crippen LogP) is 2.97. The maximum Gasteiger partial charge on any atom is 0.163 e. The van der Waals surface area contributed by atoms with E-state index in [0.29, 0.717) is 29.3 Å². The van der Waals surface area contributed by atoms with Gasteiger partial charge in [-0.25, -0.2) is 8.42 Å². The van der Waals surface area contributed by atoms with Crippen molar-refractivity contribution in [3.8, 4) is 5.75 Å². The number of aliphatic hydroxyl groups is 1. The van der Waals surface area contributed by atoms with Crippen LogP contribution in [0.2, 0.25) is 5.02 Å². The number of para-hydroxylation sites is 1. The maximum atomic E-state index is 12.0. The fraction of sp³-hybridized carbons (Fsp3) is 0.409. The average Bonchev–Trinajstić information content (AvgIpc) is 3.07. The summed E-state index contributed by atoms with van der Waals surface area (Å²) in [7, 11) is -3.07. The van der Waals surface area contributed by atoms with Crippen LogP contribution >= 0.6 is 11.6 Å². The van der Waals surface area contributed by atoms with Gasteiger partial charge in [-0.2, -0.15) is 0 Å². The first-order valence-corrected chi connectivity index (χ1v) is 12.0. The first-order chi connectivity index (χ1) is 14.2. The van der Waals surface area contributed by atoms with E-state index in [4.69, 9.17) is 16.3 Å². The maximum absolute atomic E-state index is 12.0. The zero-order valence-corrected chi connectivity index (χ0v) is 18.4. The molecule has 0 bridgehead atoms. The molecular weight excluding hydrogens is 426 g/mol. The van der Waals surface area contributed by atoms with Crippen molar-refractivity contribution in [3.05, 3.63) is 64.7 Å². The summed E-state index contributed by atoms with van der Waals surface area (Å²) in [5.41, 5.74) is 1.33. The molecule has 0 amide bonds. The SMILES string of the molecule is CC(=O)c1ccccc1OCC(O)CN(Cc1ccccc1Cl)C1CCS(=O)(=O)C1. The van der Waals surface area contributed by atoms with E-state index in [9.17, 15) is 18.3 Å². The molecule has 30 heavy (non-hydrogen) atoms. The number of aliphatic hydroxyl groups excluding tert-OH is 1.